The second kappa shape index (κ2) is 7.57. The van der Waals surface area contributed by atoms with Gasteiger partial charge in [0.1, 0.15) is 12.5 Å². The van der Waals surface area contributed by atoms with Gasteiger partial charge in [0.05, 0.1) is 5.69 Å². The number of hydrogen-bond donors (Lipinski definition) is 2. The zero-order chi connectivity index (χ0) is 16.0. The van der Waals surface area contributed by atoms with Crippen molar-refractivity contribution >= 4 is 11.8 Å². The molecule has 0 fully saturated rings. The Kier molecular flexibility index (Phi) is 6.09. The van der Waals surface area contributed by atoms with Crippen LogP contribution in [0.3, 0.4) is 0 Å². The lowest BCUT2D eigenvalue weighted by Gasteiger charge is -2.14. The van der Waals surface area contributed by atoms with Gasteiger partial charge in [-0.05, 0) is 30.5 Å². The van der Waals surface area contributed by atoms with Crippen molar-refractivity contribution in [3.05, 3.63) is 35.0 Å². The van der Waals surface area contributed by atoms with Crippen LogP contribution in [0.1, 0.15) is 30.7 Å². The Morgan fingerprint density at radius 2 is 1.86 bits per heavy atom. The summed E-state index contributed by atoms with van der Waals surface area (Å²) >= 11 is 0. The Balaban J connectivity index is 0.00000106. The number of aryl methyl sites for hydroxylation is 1. The molecule has 1 aromatic carbocycles. The molecule has 0 saturated carbocycles. The van der Waals surface area contributed by atoms with Crippen LogP contribution < -0.4 is 11.1 Å². The van der Waals surface area contributed by atoms with Crippen molar-refractivity contribution in [2.45, 2.75) is 34.4 Å². The van der Waals surface area contributed by atoms with Gasteiger partial charge in [0, 0.05) is 12.6 Å². The fourth-order valence-corrected chi connectivity index (χ4v) is 2.05. The smallest absolute Gasteiger partial charge is 0.224 e. The molecule has 0 aliphatic carbocycles. The number of nitrogens with one attached hydrogen (secondary N) is 1. The molecule has 0 amide bonds. The fourth-order valence-electron chi connectivity index (χ4n) is 2.05. The summed E-state index contributed by atoms with van der Waals surface area (Å²) in [6.45, 7) is 7.31. The molecule has 0 atom stereocenters. The quantitative estimate of drug-likeness (QED) is 0.900. The average Bonchev–Trinajstić information content (AvgIpc) is 2.51. The van der Waals surface area contributed by atoms with Crippen LogP contribution in [0.5, 0.6) is 0 Å². The number of aromatic nitrogens is 2. The fraction of sp³-hybridized carbons (Fsp3) is 0.375. The van der Waals surface area contributed by atoms with Crippen molar-refractivity contribution in [3.8, 4) is 11.1 Å². The first-order chi connectivity index (χ1) is 10.1. The molecule has 0 unspecified atom stereocenters. The highest BCUT2D eigenvalue weighted by Gasteiger charge is 2.16. The molecule has 0 aliphatic heterocycles. The first kappa shape index (κ1) is 16.9. The molecule has 2 aromatic rings. The zero-order valence-corrected chi connectivity index (χ0v) is 13.3. The van der Waals surface area contributed by atoms with Gasteiger partial charge in [-0.2, -0.15) is 4.98 Å². The number of nitrogens with zero attached hydrogens (tertiary/aromatic N) is 2. The molecule has 1 heterocycles. The van der Waals surface area contributed by atoms with Gasteiger partial charge in [-0.25, -0.2) is 9.37 Å². The van der Waals surface area contributed by atoms with E-state index in [2.05, 4.69) is 15.3 Å². The summed E-state index contributed by atoms with van der Waals surface area (Å²) in [6, 6.07) is 5.84. The van der Waals surface area contributed by atoms with Crippen LogP contribution >= 0.6 is 0 Å². The SMILES string of the molecule is CC.CNc1nc(N)c(-c2cccc(C)c2C)c(CF)n1. The summed E-state index contributed by atoms with van der Waals surface area (Å²) in [5, 5.41) is 2.78. The van der Waals surface area contributed by atoms with Gasteiger partial charge < -0.3 is 11.1 Å². The molecular formula is C16H23FN4. The van der Waals surface area contributed by atoms with E-state index in [1.807, 2.05) is 45.9 Å². The van der Waals surface area contributed by atoms with Crippen LogP contribution in [0, 0.1) is 13.8 Å². The number of halogens is 1. The molecule has 2 rings (SSSR count). The maximum absolute atomic E-state index is 13.2. The van der Waals surface area contributed by atoms with Gasteiger partial charge in [0.2, 0.25) is 5.95 Å². The Labute approximate surface area is 125 Å². The van der Waals surface area contributed by atoms with Crippen molar-refractivity contribution in [2.75, 3.05) is 18.1 Å². The molecule has 5 heteroatoms. The van der Waals surface area contributed by atoms with Gasteiger partial charge >= 0.3 is 0 Å². The summed E-state index contributed by atoms with van der Waals surface area (Å²) < 4.78 is 13.2. The lowest BCUT2D eigenvalue weighted by molar-refractivity contribution is 0.477. The zero-order valence-electron chi connectivity index (χ0n) is 13.3. The van der Waals surface area contributed by atoms with Crippen molar-refractivity contribution < 1.29 is 4.39 Å². The number of nitrogen functional groups attached to an aromatic ring is 1. The van der Waals surface area contributed by atoms with Gasteiger partial charge in [-0.3, -0.25) is 0 Å². The molecule has 0 spiro atoms. The molecule has 0 radical (unpaired) electrons. The van der Waals surface area contributed by atoms with E-state index in [-0.39, 0.29) is 0 Å². The topological polar surface area (TPSA) is 63.8 Å². The Morgan fingerprint density at radius 1 is 1.19 bits per heavy atom. The van der Waals surface area contributed by atoms with E-state index in [1.165, 1.54) is 0 Å². The standard InChI is InChI=1S/C14H17FN4.C2H6/c1-8-5-4-6-10(9(8)2)12-11(7-15)18-14(17-3)19-13(12)16;1-2/h4-6H,7H2,1-3H3,(H3,16,17,18,19);1-2H3. The van der Waals surface area contributed by atoms with Gasteiger partial charge in [0.25, 0.3) is 0 Å². The first-order valence-corrected chi connectivity index (χ1v) is 7.05. The molecule has 0 bridgehead atoms. The Bertz CT molecular complexity index is 611. The number of hydrogen-bond acceptors (Lipinski definition) is 4. The van der Waals surface area contributed by atoms with Crippen LogP contribution in [0.15, 0.2) is 18.2 Å². The van der Waals surface area contributed by atoms with Crippen LogP contribution in [-0.4, -0.2) is 17.0 Å². The highest BCUT2D eigenvalue weighted by atomic mass is 19.1. The van der Waals surface area contributed by atoms with E-state index in [0.717, 1.165) is 16.7 Å². The Hall–Kier alpha value is -2.17. The third-order valence-corrected chi connectivity index (χ3v) is 3.24. The van der Waals surface area contributed by atoms with E-state index < -0.39 is 6.67 Å². The number of nitrogens with two attached hydrogens (primary N) is 1. The summed E-state index contributed by atoms with van der Waals surface area (Å²) in [5.41, 5.74) is 9.93. The second-order valence-electron chi connectivity index (χ2n) is 4.39. The van der Waals surface area contributed by atoms with E-state index in [1.54, 1.807) is 7.05 Å². The predicted molar refractivity (Wildman–Crippen MR) is 87.1 cm³/mol. The maximum atomic E-state index is 13.2. The number of anilines is 2. The molecule has 0 aliphatic rings. The molecule has 3 N–H and O–H groups in total. The minimum Gasteiger partial charge on any atom is -0.383 e. The van der Waals surface area contributed by atoms with Crippen molar-refractivity contribution in [1.29, 1.82) is 0 Å². The molecule has 114 valence electrons. The Morgan fingerprint density at radius 3 is 2.43 bits per heavy atom. The highest BCUT2D eigenvalue weighted by molar-refractivity contribution is 5.79. The van der Waals surface area contributed by atoms with E-state index in [4.69, 9.17) is 5.73 Å². The van der Waals surface area contributed by atoms with Gasteiger partial charge in [-0.1, -0.05) is 32.0 Å². The second-order valence-corrected chi connectivity index (χ2v) is 4.39. The van der Waals surface area contributed by atoms with Crippen molar-refractivity contribution in [3.63, 3.8) is 0 Å². The molecule has 0 saturated heterocycles. The number of rotatable bonds is 3. The summed E-state index contributed by atoms with van der Waals surface area (Å²) in [4.78, 5) is 8.28. The van der Waals surface area contributed by atoms with Gasteiger partial charge in [-0.15, -0.1) is 0 Å². The minimum atomic E-state index is -0.676. The maximum Gasteiger partial charge on any atom is 0.224 e. The molecule has 1 aromatic heterocycles. The van der Waals surface area contributed by atoms with E-state index in [9.17, 15) is 4.39 Å². The van der Waals surface area contributed by atoms with Crippen molar-refractivity contribution in [1.82, 2.24) is 9.97 Å². The van der Waals surface area contributed by atoms with Crippen LogP contribution in [-0.2, 0) is 6.67 Å². The van der Waals surface area contributed by atoms with Crippen LogP contribution in [0.25, 0.3) is 11.1 Å². The third-order valence-electron chi connectivity index (χ3n) is 3.24. The number of alkyl halides is 1. The van der Waals surface area contributed by atoms with Crippen molar-refractivity contribution in [2.24, 2.45) is 0 Å². The number of benzene rings is 1. The molecular weight excluding hydrogens is 267 g/mol. The monoisotopic (exact) mass is 290 g/mol. The van der Waals surface area contributed by atoms with Gasteiger partial charge in [0.15, 0.2) is 0 Å². The highest BCUT2D eigenvalue weighted by Crippen LogP contribution is 2.32. The van der Waals surface area contributed by atoms with E-state index >= 15 is 0 Å². The van der Waals surface area contributed by atoms with E-state index in [0.29, 0.717) is 23.0 Å². The average molecular weight is 290 g/mol. The molecule has 4 nitrogen and oxygen atoms in total. The molecule has 21 heavy (non-hydrogen) atoms. The lowest BCUT2D eigenvalue weighted by Crippen LogP contribution is -2.07. The third kappa shape index (κ3) is 3.48. The minimum absolute atomic E-state index is 0.292. The largest absolute Gasteiger partial charge is 0.383 e. The van der Waals surface area contributed by atoms with Crippen LogP contribution in [0.2, 0.25) is 0 Å². The summed E-state index contributed by atoms with van der Waals surface area (Å²) in [7, 11) is 1.67. The lowest BCUT2D eigenvalue weighted by atomic mass is 9.96. The first-order valence-electron chi connectivity index (χ1n) is 7.05. The predicted octanol–water partition coefficient (Wildman–Crippen LogP) is 3.88. The summed E-state index contributed by atoms with van der Waals surface area (Å²) in [5.74, 6) is 0.625. The summed E-state index contributed by atoms with van der Waals surface area (Å²) in [6.07, 6.45) is 0. The van der Waals surface area contributed by atoms with Crippen LogP contribution in [0.4, 0.5) is 16.2 Å². The normalized spacial score (nSPS) is 9.81.